The van der Waals surface area contributed by atoms with Crippen LogP contribution in [-0.4, -0.2) is 43.4 Å². The Hall–Kier alpha value is -0.670. The van der Waals surface area contributed by atoms with Gasteiger partial charge in [-0.1, -0.05) is 19.4 Å². The monoisotopic (exact) mass is 290 g/mol. The summed E-state index contributed by atoms with van der Waals surface area (Å²) < 4.78 is 0. The molecule has 1 saturated heterocycles. The van der Waals surface area contributed by atoms with Crippen molar-refractivity contribution >= 4 is 17.4 Å². The highest BCUT2D eigenvalue weighted by Crippen LogP contribution is 2.35. The maximum Gasteiger partial charge on any atom is 0.0505 e. The van der Waals surface area contributed by atoms with E-state index in [1.54, 1.807) is 0 Å². The lowest BCUT2D eigenvalue weighted by Gasteiger charge is -2.34. The van der Waals surface area contributed by atoms with Crippen molar-refractivity contribution in [3.05, 3.63) is 23.8 Å². The van der Waals surface area contributed by atoms with Gasteiger partial charge in [-0.2, -0.15) is 0 Å². The number of nitrogens with zero attached hydrogens (tertiary/aromatic N) is 2. The topological polar surface area (TPSA) is 6.48 Å². The molecule has 0 spiro atoms. The van der Waals surface area contributed by atoms with Crippen LogP contribution >= 0.6 is 11.8 Å². The summed E-state index contributed by atoms with van der Waals surface area (Å²) in [5.74, 6) is 1.24. The van der Waals surface area contributed by atoms with Gasteiger partial charge in [0.1, 0.15) is 0 Å². The van der Waals surface area contributed by atoms with Crippen molar-refractivity contribution in [1.29, 1.82) is 0 Å². The molecule has 1 aromatic rings. The van der Waals surface area contributed by atoms with E-state index in [9.17, 15) is 0 Å². The molecule has 0 aliphatic carbocycles. The van der Waals surface area contributed by atoms with Gasteiger partial charge in [-0.15, -0.1) is 11.8 Å². The van der Waals surface area contributed by atoms with Crippen molar-refractivity contribution in [3.8, 4) is 0 Å². The smallest absolute Gasteiger partial charge is 0.0505 e. The second kappa shape index (κ2) is 6.86. The fourth-order valence-corrected chi connectivity index (χ4v) is 4.33. The molecule has 0 radical (unpaired) electrons. The van der Waals surface area contributed by atoms with Crippen LogP contribution in [0.2, 0.25) is 0 Å². The van der Waals surface area contributed by atoms with Crippen molar-refractivity contribution in [1.82, 2.24) is 4.90 Å². The number of likely N-dealkylation sites (tertiary alicyclic amines) is 1. The summed E-state index contributed by atoms with van der Waals surface area (Å²) in [4.78, 5) is 6.74. The van der Waals surface area contributed by atoms with E-state index in [-0.39, 0.29) is 0 Å². The Labute approximate surface area is 127 Å². The summed E-state index contributed by atoms with van der Waals surface area (Å²) in [6, 6.07) is 7.04. The van der Waals surface area contributed by atoms with E-state index in [0.29, 0.717) is 0 Å². The standard InChI is InChI=1S/C17H26N2S/c1-2-15-6-7-16-17(14-15)20-13-12-19(16)11-10-18-8-4-3-5-9-18/h6-7,14H,2-5,8-13H2,1H3. The molecule has 3 rings (SSSR count). The first-order valence-corrected chi connectivity index (χ1v) is 9.08. The Bertz CT molecular complexity index is 441. The number of hydrogen-bond donors (Lipinski definition) is 0. The third kappa shape index (κ3) is 3.32. The maximum absolute atomic E-state index is 2.64. The van der Waals surface area contributed by atoms with Crippen LogP contribution in [0.15, 0.2) is 23.1 Å². The van der Waals surface area contributed by atoms with E-state index < -0.39 is 0 Å². The average Bonchev–Trinajstić information content (AvgIpc) is 2.53. The molecule has 0 atom stereocenters. The largest absolute Gasteiger partial charge is 0.369 e. The van der Waals surface area contributed by atoms with Crippen LogP contribution in [0.3, 0.4) is 0 Å². The molecule has 1 aromatic carbocycles. The number of hydrogen-bond acceptors (Lipinski definition) is 3. The van der Waals surface area contributed by atoms with Crippen molar-refractivity contribution in [2.24, 2.45) is 0 Å². The molecular weight excluding hydrogens is 264 g/mol. The Balaban J connectivity index is 1.63. The van der Waals surface area contributed by atoms with Gasteiger partial charge in [0.05, 0.1) is 5.69 Å². The molecule has 2 aliphatic heterocycles. The van der Waals surface area contributed by atoms with Crippen molar-refractivity contribution in [2.45, 2.75) is 37.5 Å². The van der Waals surface area contributed by atoms with Gasteiger partial charge in [0.15, 0.2) is 0 Å². The summed E-state index contributed by atoms with van der Waals surface area (Å²) in [6.45, 7) is 8.49. The second-order valence-electron chi connectivity index (χ2n) is 5.89. The van der Waals surface area contributed by atoms with Crippen molar-refractivity contribution < 1.29 is 0 Å². The summed E-state index contributed by atoms with van der Waals surface area (Å²) >= 11 is 2.03. The first-order valence-electron chi connectivity index (χ1n) is 8.10. The molecule has 1 fully saturated rings. The molecule has 3 heteroatoms. The summed E-state index contributed by atoms with van der Waals surface area (Å²) in [7, 11) is 0. The molecule has 0 unspecified atom stereocenters. The van der Waals surface area contributed by atoms with Crippen LogP contribution in [-0.2, 0) is 6.42 Å². The molecule has 0 bridgehead atoms. The lowest BCUT2D eigenvalue weighted by Crippen LogP contribution is -2.39. The minimum atomic E-state index is 1.14. The normalized spacial score (nSPS) is 19.9. The van der Waals surface area contributed by atoms with Gasteiger partial charge >= 0.3 is 0 Å². The molecule has 0 saturated carbocycles. The van der Waals surface area contributed by atoms with E-state index in [2.05, 4.69) is 34.9 Å². The second-order valence-corrected chi connectivity index (χ2v) is 7.03. The minimum absolute atomic E-state index is 1.14. The van der Waals surface area contributed by atoms with Gasteiger partial charge in [0.2, 0.25) is 0 Å². The van der Waals surface area contributed by atoms with E-state index in [0.717, 1.165) is 6.42 Å². The number of thioether (sulfide) groups is 1. The van der Waals surface area contributed by atoms with Crippen LogP contribution < -0.4 is 4.90 Å². The SMILES string of the molecule is CCc1ccc2c(c1)SCCN2CCN1CCCCC1. The molecular formula is C17H26N2S. The third-order valence-corrected chi connectivity index (χ3v) is 5.55. The minimum Gasteiger partial charge on any atom is -0.369 e. The third-order valence-electron chi connectivity index (χ3n) is 4.53. The Morgan fingerprint density at radius 2 is 1.90 bits per heavy atom. The first kappa shape index (κ1) is 14.3. The number of anilines is 1. The summed E-state index contributed by atoms with van der Waals surface area (Å²) in [5.41, 5.74) is 2.93. The zero-order valence-electron chi connectivity index (χ0n) is 12.6. The van der Waals surface area contributed by atoms with Crippen LogP contribution in [0.25, 0.3) is 0 Å². The van der Waals surface area contributed by atoms with Crippen molar-refractivity contribution in [3.63, 3.8) is 0 Å². The Morgan fingerprint density at radius 3 is 2.70 bits per heavy atom. The first-order chi connectivity index (χ1) is 9.86. The Morgan fingerprint density at radius 1 is 1.05 bits per heavy atom. The lowest BCUT2D eigenvalue weighted by atomic mass is 10.1. The zero-order chi connectivity index (χ0) is 13.8. The fourth-order valence-electron chi connectivity index (χ4n) is 3.22. The quantitative estimate of drug-likeness (QED) is 0.836. The van der Waals surface area contributed by atoms with Crippen molar-refractivity contribution in [2.75, 3.05) is 43.4 Å². The van der Waals surface area contributed by atoms with Crippen LogP contribution in [0.5, 0.6) is 0 Å². The molecule has 2 nitrogen and oxygen atoms in total. The number of benzene rings is 1. The fraction of sp³-hybridized carbons (Fsp3) is 0.647. The molecule has 110 valence electrons. The molecule has 20 heavy (non-hydrogen) atoms. The van der Waals surface area contributed by atoms with E-state index in [1.807, 2.05) is 11.8 Å². The number of fused-ring (bicyclic) bond motifs is 1. The molecule has 0 N–H and O–H groups in total. The van der Waals surface area contributed by atoms with E-state index in [4.69, 9.17) is 0 Å². The maximum atomic E-state index is 2.64. The van der Waals surface area contributed by atoms with E-state index in [1.165, 1.54) is 73.9 Å². The highest BCUT2D eigenvalue weighted by Gasteiger charge is 2.18. The van der Waals surface area contributed by atoms with Gasteiger partial charge in [0, 0.05) is 30.3 Å². The molecule has 2 aliphatic rings. The van der Waals surface area contributed by atoms with Crippen LogP contribution in [0.1, 0.15) is 31.7 Å². The summed E-state index contributed by atoms with van der Waals surface area (Å²) in [6.07, 6.45) is 5.36. The number of aryl methyl sites for hydroxylation is 1. The van der Waals surface area contributed by atoms with Gasteiger partial charge in [-0.05, 0) is 50.0 Å². The molecule has 2 heterocycles. The van der Waals surface area contributed by atoms with Gasteiger partial charge in [-0.3, -0.25) is 0 Å². The predicted octanol–water partition coefficient (Wildman–Crippen LogP) is 3.65. The van der Waals surface area contributed by atoms with Gasteiger partial charge in [-0.25, -0.2) is 0 Å². The van der Waals surface area contributed by atoms with Crippen LogP contribution in [0, 0.1) is 0 Å². The molecule has 0 amide bonds. The Kier molecular flexibility index (Phi) is 4.90. The molecule has 0 aromatic heterocycles. The highest BCUT2D eigenvalue weighted by atomic mass is 32.2. The average molecular weight is 290 g/mol. The van der Waals surface area contributed by atoms with Gasteiger partial charge < -0.3 is 9.80 Å². The van der Waals surface area contributed by atoms with Crippen LogP contribution in [0.4, 0.5) is 5.69 Å². The number of rotatable bonds is 4. The number of piperidine rings is 1. The zero-order valence-corrected chi connectivity index (χ0v) is 13.4. The lowest BCUT2D eigenvalue weighted by molar-refractivity contribution is 0.233. The van der Waals surface area contributed by atoms with Gasteiger partial charge in [0.25, 0.3) is 0 Å². The van der Waals surface area contributed by atoms with E-state index >= 15 is 0 Å². The summed E-state index contributed by atoms with van der Waals surface area (Å²) in [5, 5.41) is 0. The predicted molar refractivity (Wildman–Crippen MR) is 89.0 cm³/mol. The highest BCUT2D eigenvalue weighted by molar-refractivity contribution is 7.99.